The molecule has 0 aliphatic carbocycles. The molecule has 1 aliphatic rings. The maximum Gasteiger partial charge on any atom is 0.285 e. The van der Waals surface area contributed by atoms with E-state index in [1.165, 1.54) is 12.1 Å². The highest BCUT2D eigenvalue weighted by molar-refractivity contribution is 6.08. The summed E-state index contributed by atoms with van der Waals surface area (Å²) in [5, 5.41) is 16.4. The third-order valence-corrected chi connectivity index (χ3v) is 3.54. The van der Waals surface area contributed by atoms with Crippen LogP contribution in [0.1, 0.15) is 15.9 Å². The molecule has 0 unspecified atom stereocenters. The SMILES string of the molecule is Cc1cccc(C(=O)Nc2ccc3c(c2)NC(=O)CO3)c1[N+](=O)[O-]. The molecule has 0 saturated carbocycles. The summed E-state index contributed by atoms with van der Waals surface area (Å²) in [5.41, 5.74) is 0.963. The molecule has 0 spiro atoms. The van der Waals surface area contributed by atoms with Crippen LogP contribution in [0.3, 0.4) is 0 Å². The van der Waals surface area contributed by atoms with Crippen molar-refractivity contribution in [2.75, 3.05) is 17.2 Å². The number of anilines is 2. The third kappa shape index (κ3) is 2.89. The van der Waals surface area contributed by atoms with Crippen LogP contribution < -0.4 is 15.4 Å². The van der Waals surface area contributed by atoms with Crippen molar-refractivity contribution in [1.29, 1.82) is 0 Å². The number of nitrogens with one attached hydrogen (secondary N) is 2. The van der Waals surface area contributed by atoms with Crippen LogP contribution in [-0.4, -0.2) is 23.3 Å². The number of rotatable bonds is 3. The van der Waals surface area contributed by atoms with E-state index < -0.39 is 10.8 Å². The fraction of sp³-hybridized carbons (Fsp3) is 0.125. The van der Waals surface area contributed by atoms with Gasteiger partial charge in [-0.05, 0) is 31.2 Å². The zero-order valence-corrected chi connectivity index (χ0v) is 12.7. The van der Waals surface area contributed by atoms with E-state index >= 15 is 0 Å². The number of carbonyl (C=O) groups is 2. The first kappa shape index (κ1) is 15.5. The summed E-state index contributed by atoms with van der Waals surface area (Å²) in [6.45, 7) is 1.51. The van der Waals surface area contributed by atoms with Crippen LogP contribution in [0.5, 0.6) is 5.75 Å². The molecule has 8 heteroatoms. The molecule has 0 bridgehead atoms. The predicted molar refractivity (Wildman–Crippen MR) is 86.4 cm³/mol. The van der Waals surface area contributed by atoms with Gasteiger partial charge in [0.15, 0.2) is 6.61 Å². The molecule has 2 aromatic carbocycles. The lowest BCUT2D eigenvalue weighted by Crippen LogP contribution is -2.25. The Bertz CT molecular complexity index is 863. The highest BCUT2D eigenvalue weighted by Crippen LogP contribution is 2.31. The number of nitro groups is 1. The minimum Gasteiger partial charge on any atom is -0.482 e. The number of benzene rings is 2. The van der Waals surface area contributed by atoms with Gasteiger partial charge in [0.1, 0.15) is 11.3 Å². The van der Waals surface area contributed by atoms with Gasteiger partial charge >= 0.3 is 0 Å². The van der Waals surface area contributed by atoms with Gasteiger partial charge in [-0.15, -0.1) is 0 Å². The summed E-state index contributed by atoms with van der Waals surface area (Å²) < 4.78 is 5.23. The van der Waals surface area contributed by atoms with Crippen LogP contribution in [0.2, 0.25) is 0 Å². The minimum absolute atomic E-state index is 0.0296. The van der Waals surface area contributed by atoms with Crippen LogP contribution >= 0.6 is 0 Å². The lowest BCUT2D eigenvalue weighted by molar-refractivity contribution is -0.385. The molecule has 122 valence electrons. The molecule has 0 radical (unpaired) electrons. The van der Waals surface area contributed by atoms with E-state index in [0.717, 1.165) is 0 Å². The summed E-state index contributed by atoms with van der Waals surface area (Å²) in [7, 11) is 0. The molecule has 2 N–H and O–H groups in total. The van der Waals surface area contributed by atoms with E-state index in [0.29, 0.717) is 22.7 Å². The average Bonchev–Trinajstić information content (AvgIpc) is 2.53. The van der Waals surface area contributed by atoms with Gasteiger partial charge in [-0.1, -0.05) is 12.1 Å². The first-order valence-electron chi connectivity index (χ1n) is 7.08. The van der Waals surface area contributed by atoms with Crippen LogP contribution in [-0.2, 0) is 4.79 Å². The van der Waals surface area contributed by atoms with Crippen LogP contribution in [0.15, 0.2) is 36.4 Å². The average molecular weight is 327 g/mol. The quantitative estimate of drug-likeness (QED) is 0.664. The summed E-state index contributed by atoms with van der Waals surface area (Å²) in [5.74, 6) is -0.400. The Morgan fingerprint density at radius 3 is 2.88 bits per heavy atom. The Balaban J connectivity index is 1.89. The van der Waals surface area contributed by atoms with Gasteiger partial charge < -0.3 is 15.4 Å². The van der Waals surface area contributed by atoms with Gasteiger partial charge in [0.25, 0.3) is 17.5 Å². The van der Waals surface area contributed by atoms with Gasteiger partial charge in [-0.3, -0.25) is 19.7 Å². The summed E-state index contributed by atoms with van der Waals surface area (Å²) in [6.07, 6.45) is 0. The highest BCUT2D eigenvalue weighted by atomic mass is 16.6. The Hall–Kier alpha value is -3.42. The number of para-hydroxylation sites is 1. The van der Waals surface area contributed by atoms with Crippen molar-refractivity contribution >= 4 is 28.9 Å². The molecule has 2 amide bonds. The van der Waals surface area contributed by atoms with Crippen molar-refractivity contribution in [3.63, 3.8) is 0 Å². The van der Waals surface area contributed by atoms with E-state index in [4.69, 9.17) is 4.74 Å². The summed E-state index contributed by atoms with van der Waals surface area (Å²) in [6, 6.07) is 9.28. The lowest BCUT2D eigenvalue weighted by Gasteiger charge is -2.18. The van der Waals surface area contributed by atoms with Crippen LogP contribution in [0.4, 0.5) is 17.1 Å². The zero-order valence-electron chi connectivity index (χ0n) is 12.7. The number of nitro benzene ring substituents is 1. The van der Waals surface area contributed by atoms with Gasteiger partial charge in [0, 0.05) is 11.3 Å². The van der Waals surface area contributed by atoms with Crippen molar-refractivity contribution in [2.24, 2.45) is 0 Å². The molecule has 0 aromatic heterocycles. The molecule has 1 heterocycles. The number of fused-ring (bicyclic) bond motifs is 1. The van der Waals surface area contributed by atoms with Crippen molar-refractivity contribution in [3.8, 4) is 5.75 Å². The van der Waals surface area contributed by atoms with Crippen molar-refractivity contribution < 1.29 is 19.2 Å². The van der Waals surface area contributed by atoms with Crippen molar-refractivity contribution in [1.82, 2.24) is 0 Å². The first-order valence-corrected chi connectivity index (χ1v) is 7.08. The Morgan fingerprint density at radius 2 is 2.12 bits per heavy atom. The van der Waals surface area contributed by atoms with Gasteiger partial charge in [0.05, 0.1) is 10.6 Å². The predicted octanol–water partition coefficient (Wildman–Crippen LogP) is 2.49. The molecular weight excluding hydrogens is 314 g/mol. The standard InChI is InChI=1S/C16H13N3O5/c1-9-3-2-4-11(15(9)19(22)23)16(21)17-10-5-6-13-12(7-10)18-14(20)8-24-13/h2-7H,8H2,1H3,(H,17,21)(H,18,20). The van der Waals surface area contributed by atoms with Crippen LogP contribution in [0.25, 0.3) is 0 Å². The molecule has 2 aromatic rings. The smallest absolute Gasteiger partial charge is 0.285 e. The van der Waals surface area contributed by atoms with Crippen molar-refractivity contribution in [3.05, 3.63) is 57.6 Å². The van der Waals surface area contributed by atoms with Crippen molar-refractivity contribution in [2.45, 2.75) is 6.92 Å². The van der Waals surface area contributed by atoms with Gasteiger partial charge in [0.2, 0.25) is 0 Å². The summed E-state index contributed by atoms with van der Waals surface area (Å²) in [4.78, 5) is 34.3. The number of ether oxygens (including phenoxy) is 1. The fourth-order valence-electron chi connectivity index (χ4n) is 2.44. The first-order chi connectivity index (χ1) is 11.5. The fourth-order valence-corrected chi connectivity index (χ4v) is 2.44. The molecular formula is C16H13N3O5. The number of nitrogens with zero attached hydrogens (tertiary/aromatic N) is 1. The summed E-state index contributed by atoms with van der Waals surface area (Å²) >= 11 is 0. The second kappa shape index (κ2) is 5.99. The largest absolute Gasteiger partial charge is 0.482 e. The molecule has 3 rings (SSSR count). The Labute approximate surface area is 136 Å². The molecule has 8 nitrogen and oxygen atoms in total. The molecule has 0 atom stereocenters. The van der Waals surface area contributed by atoms with E-state index in [-0.39, 0.29) is 23.8 Å². The maximum atomic E-state index is 12.4. The number of carbonyl (C=O) groups excluding carboxylic acids is 2. The number of amides is 2. The number of aryl methyl sites for hydroxylation is 1. The highest BCUT2D eigenvalue weighted by Gasteiger charge is 2.23. The molecule has 0 fully saturated rings. The van der Waals surface area contributed by atoms with E-state index in [9.17, 15) is 19.7 Å². The van der Waals surface area contributed by atoms with Gasteiger partial charge in [-0.25, -0.2) is 0 Å². The second-order valence-electron chi connectivity index (χ2n) is 5.23. The Kier molecular flexibility index (Phi) is 3.87. The van der Waals surface area contributed by atoms with E-state index in [1.807, 2.05) is 0 Å². The lowest BCUT2D eigenvalue weighted by atomic mass is 10.1. The topological polar surface area (TPSA) is 111 Å². The van der Waals surface area contributed by atoms with Gasteiger partial charge in [-0.2, -0.15) is 0 Å². The maximum absolute atomic E-state index is 12.4. The minimum atomic E-state index is -0.603. The van der Waals surface area contributed by atoms with E-state index in [2.05, 4.69) is 10.6 Å². The zero-order chi connectivity index (χ0) is 17.3. The third-order valence-electron chi connectivity index (χ3n) is 3.54. The van der Waals surface area contributed by atoms with Crippen LogP contribution in [0, 0.1) is 17.0 Å². The second-order valence-corrected chi connectivity index (χ2v) is 5.23. The normalized spacial score (nSPS) is 12.6. The number of hydrogen-bond donors (Lipinski definition) is 2. The Morgan fingerprint density at radius 1 is 1.33 bits per heavy atom. The molecule has 1 aliphatic heterocycles. The molecule has 24 heavy (non-hydrogen) atoms. The molecule has 0 saturated heterocycles. The monoisotopic (exact) mass is 327 g/mol. The van der Waals surface area contributed by atoms with E-state index in [1.54, 1.807) is 31.2 Å². The number of hydrogen-bond acceptors (Lipinski definition) is 5.